The smallest absolute Gasteiger partial charge is 0.248 e. The summed E-state index contributed by atoms with van der Waals surface area (Å²) in [4.78, 5) is 14.4. The van der Waals surface area contributed by atoms with Crippen molar-refractivity contribution in [1.82, 2.24) is 9.80 Å². The summed E-state index contributed by atoms with van der Waals surface area (Å²) in [6, 6.07) is 0. The fourth-order valence-corrected chi connectivity index (χ4v) is 1.43. The molecule has 1 fully saturated rings. The fourth-order valence-electron chi connectivity index (χ4n) is 1.17. The number of aliphatic hydroxyl groups excluding tert-OH is 1. The number of ether oxygens (including phenoxy) is 1. The predicted molar refractivity (Wildman–Crippen MR) is 54.8 cm³/mol. The molecule has 1 N–H and O–H groups in total. The van der Waals surface area contributed by atoms with E-state index in [0.717, 1.165) is 0 Å². The Bertz CT molecular complexity index is 235. The quantitative estimate of drug-likeness (QED) is 0.476. The number of carbonyl (C=O) groups is 1. The summed E-state index contributed by atoms with van der Waals surface area (Å²) < 4.78 is 5.08. The summed E-state index contributed by atoms with van der Waals surface area (Å²) in [5.74, 6) is 0.0113. The number of rotatable bonds is 5. The van der Waals surface area contributed by atoms with Crippen LogP contribution in [0, 0.1) is 0 Å². The van der Waals surface area contributed by atoms with Crippen LogP contribution in [0.1, 0.15) is 0 Å². The third-order valence-corrected chi connectivity index (χ3v) is 2.53. The molecule has 0 spiro atoms. The number of hydrogen-bond donors (Lipinski definition) is 1. The lowest BCUT2D eigenvalue weighted by molar-refractivity contribution is -0.124. The first kappa shape index (κ1) is 11.4. The Morgan fingerprint density at radius 2 is 2.29 bits per heavy atom. The van der Waals surface area contributed by atoms with E-state index in [1.165, 1.54) is 4.90 Å². The van der Waals surface area contributed by atoms with Crippen molar-refractivity contribution in [2.24, 2.45) is 0 Å². The van der Waals surface area contributed by atoms with Gasteiger partial charge in [0.1, 0.15) is 0 Å². The average molecular weight is 218 g/mol. The van der Waals surface area contributed by atoms with Gasteiger partial charge in [0.15, 0.2) is 5.11 Å². The summed E-state index contributed by atoms with van der Waals surface area (Å²) >= 11 is 5.04. The maximum Gasteiger partial charge on any atom is 0.248 e. The highest BCUT2D eigenvalue weighted by Crippen LogP contribution is 2.07. The van der Waals surface area contributed by atoms with Gasteiger partial charge in [0.2, 0.25) is 5.91 Å². The number of carbonyl (C=O) groups excluding carboxylic acids is 1. The Balaban J connectivity index is 2.26. The number of thiocarbonyl (C=S) groups is 1. The summed E-state index contributed by atoms with van der Waals surface area (Å²) in [5, 5.41) is 9.01. The monoisotopic (exact) mass is 218 g/mol. The lowest BCUT2D eigenvalue weighted by Gasteiger charge is -2.17. The molecule has 5 nitrogen and oxygen atoms in total. The first-order chi connectivity index (χ1) is 6.66. The minimum Gasteiger partial charge on any atom is -0.394 e. The van der Waals surface area contributed by atoms with Crippen LogP contribution in [-0.4, -0.2) is 65.9 Å². The maximum atomic E-state index is 11.2. The van der Waals surface area contributed by atoms with Gasteiger partial charge in [-0.05, 0) is 12.2 Å². The number of aliphatic hydroxyl groups is 1. The van der Waals surface area contributed by atoms with Crippen LogP contribution in [0.25, 0.3) is 0 Å². The molecule has 0 aromatic heterocycles. The van der Waals surface area contributed by atoms with E-state index < -0.39 is 0 Å². The molecule has 1 aliphatic rings. The number of likely N-dealkylation sites (N-methyl/N-ethyl adjacent to an activating group) is 1. The Labute approximate surface area is 88.2 Å². The van der Waals surface area contributed by atoms with E-state index in [-0.39, 0.29) is 12.5 Å². The van der Waals surface area contributed by atoms with Gasteiger partial charge in [0.25, 0.3) is 0 Å². The van der Waals surface area contributed by atoms with Crippen LogP contribution in [0.15, 0.2) is 0 Å². The van der Waals surface area contributed by atoms with Gasteiger partial charge in [-0.15, -0.1) is 0 Å². The van der Waals surface area contributed by atoms with E-state index in [1.807, 2.05) is 0 Å². The van der Waals surface area contributed by atoms with E-state index in [4.69, 9.17) is 22.1 Å². The molecule has 6 heteroatoms. The third kappa shape index (κ3) is 2.63. The van der Waals surface area contributed by atoms with Crippen LogP contribution >= 0.6 is 12.2 Å². The number of amides is 1. The van der Waals surface area contributed by atoms with E-state index in [0.29, 0.717) is 31.4 Å². The summed E-state index contributed by atoms with van der Waals surface area (Å²) in [6.07, 6.45) is 0. The minimum atomic E-state index is 0.0113. The Morgan fingerprint density at radius 1 is 1.57 bits per heavy atom. The normalized spacial score (nSPS) is 17.0. The number of nitrogens with zero attached hydrogens (tertiary/aromatic N) is 2. The number of hydrogen-bond acceptors (Lipinski definition) is 4. The molecule has 0 radical (unpaired) electrons. The summed E-state index contributed by atoms with van der Waals surface area (Å²) in [7, 11) is 1.67. The van der Waals surface area contributed by atoms with Gasteiger partial charge in [-0.25, -0.2) is 0 Å². The van der Waals surface area contributed by atoms with Crippen molar-refractivity contribution >= 4 is 23.2 Å². The molecule has 0 aromatic rings. The van der Waals surface area contributed by atoms with Gasteiger partial charge in [0.05, 0.1) is 26.4 Å². The van der Waals surface area contributed by atoms with Crippen LogP contribution in [0.4, 0.5) is 0 Å². The third-order valence-electron chi connectivity index (χ3n) is 2.00. The Hall–Kier alpha value is -0.720. The molecule has 0 saturated carbocycles. The van der Waals surface area contributed by atoms with Gasteiger partial charge in [0, 0.05) is 13.6 Å². The van der Waals surface area contributed by atoms with Crippen LogP contribution in [0.2, 0.25) is 0 Å². The zero-order valence-electron chi connectivity index (χ0n) is 8.10. The molecular weight excluding hydrogens is 204 g/mol. The Morgan fingerprint density at radius 3 is 2.79 bits per heavy atom. The first-order valence-electron chi connectivity index (χ1n) is 4.41. The van der Waals surface area contributed by atoms with Gasteiger partial charge in [-0.2, -0.15) is 0 Å². The fraction of sp³-hybridized carbons (Fsp3) is 0.750. The molecule has 1 rings (SSSR count). The lowest BCUT2D eigenvalue weighted by atomic mass is 10.5. The van der Waals surface area contributed by atoms with E-state index in [9.17, 15) is 4.79 Å². The summed E-state index contributed by atoms with van der Waals surface area (Å²) in [5.41, 5.74) is 0. The molecule has 1 heterocycles. The highest BCUT2D eigenvalue weighted by atomic mass is 32.1. The largest absolute Gasteiger partial charge is 0.394 e. The SMILES string of the molecule is CN1C(=O)CN(CCOCCO)C1=S. The standard InChI is InChI=1S/C8H14N2O3S/c1-9-7(12)6-10(8(9)14)2-4-13-5-3-11/h11H,2-6H2,1H3. The maximum absolute atomic E-state index is 11.2. The van der Waals surface area contributed by atoms with E-state index in [2.05, 4.69) is 0 Å². The molecule has 0 unspecified atom stereocenters. The average Bonchev–Trinajstić information content (AvgIpc) is 2.41. The second-order valence-corrected chi connectivity index (χ2v) is 3.36. The molecule has 1 amide bonds. The van der Waals surface area contributed by atoms with Crippen molar-refractivity contribution in [3.8, 4) is 0 Å². The molecule has 1 aliphatic heterocycles. The second-order valence-electron chi connectivity index (χ2n) is 2.99. The zero-order chi connectivity index (χ0) is 10.6. The molecule has 1 saturated heterocycles. The molecule has 0 aromatic carbocycles. The van der Waals surface area contributed by atoms with Gasteiger partial charge in [-0.1, -0.05) is 0 Å². The van der Waals surface area contributed by atoms with Crippen molar-refractivity contribution in [2.75, 3.05) is 40.0 Å². The van der Waals surface area contributed by atoms with Crippen LogP contribution in [0.5, 0.6) is 0 Å². The first-order valence-corrected chi connectivity index (χ1v) is 4.81. The topological polar surface area (TPSA) is 53.0 Å². The molecular formula is C8H14N2O3S. The predicted octanol–water partition coefficient (Wildman–Crippen LogP) is -0.946. The van der Waals surface area contributed by atoms with Crippen molar-refractivity contribution < 1.29 is 14.6 Å². The summed E-state index contributed by atoms with van der Waals surface area (Å²) in [6.45, 7) is 1.74. The van der Waals surface area contributed by atoms with Gasteiger partial charge >= 0.3 is 0 Å². The second kappa shape index (κ2) is 5.23. The van der Waals surface area contributed by atoms with Crippen molar-refractivity contribution in [1.29, 1.82) is 0 Å². The van der Waals surface area contributed by atoms with Crippen LogP contribution < -0.4 is 0 Å². The minimum absolute atomic E-state index is 0.0113. The Kier molecular flexibility index (Phi) is 4.24. The van der Waals surface area contributed by atoms with Gasteiger partial charge < -0.3 is 14.7 Å². The molecule has 0 aliphatic carbocycles. The lowest BCUT2D eigenvalue weighted by Crippen LogP contribution is -2.32. The van der Waals surface area contributed by atoms with E-state index in [1.54, 1.807) is 11.9 Å². The van der Waals surface area contributed by atoms with Crippen LogP contribution in [0.3, 0.4) is 0 Å². The van der Waals surface area contributed by atoms with Crippen molar-refractivity contribution in [2.45, 2.75) is 0 Å². The van der Waals surface area contributed by atoms with Gasteiger partial charge in [-0.3, -0.25) is 9.69 Å². The van der Waals surface area contributed by atoms with Crippen LogP contribution in [-0.2, 0) is 9.53 Å². The molecule has 14 heavy (non-hydrogen) atoms. The van der Waals surface area contributed by atoms with Crippen molar-refractivity contribution in [3.05, 3.63) is 0 Å². The highest BCUT2D eigenvalue weighted by molar-refractivity contribution is 7.80. The zero-order valence-corrected chi connectivity index (χ0v) is 8.92. The molecule has 0 atom stereocenters. The molecule has 0 bridgehead atoms. The molecule has 80 valence electrons. The highest BCUT2D eigenvalue weighted by Gasteiger charge is 2.28. The van der Waals surface area contributed by atoms with E-state index >= 15 is 0 Å². The van der Waals surface area contributed by atoms with Crippen molar-refractivity contribution in [3.63, 3.8) is 0 Å².